The summed E-state index contributed by atoms with van der Waals surface area (Å²) in [5.74, 6) is 2.21. The summed E-state index contributed by atoms with van der Waals surface area (Å²) in [6, 6.07) is 0. The molecule has 2 heteroatoms. The highest BCUT2D eigenvalue weighted by atomic mass is 16.5. The Hall–Kier alpha value is -1.57. The summed E-state index contributed by atoms with van der Waals surface area (Å²) in [5, 5.41) is 0. The first kappa shape index (κ1) is 13.9. The average molecular weight is 258 g/mol. The van der Waals surface area contributed by atoms with Gasteiger partial charge in [0.1, 0.15) is 6.61 Å². The number of hydrogen-bond acceptors (Lipinski definition) is 2. The van der Waals surface area contributed by atoms with E-state index in [1.54, 1.807) is 6.92 Å². The van der Waals surface area contributed by atoms with Gasteiger partial charge >= 0.3 is 5.97 Å². The van der Waals surface area contributed by atoms with E-state index in [1.807, 2.05) is 6.08 Å². The Morgan fingerprint density at radius 3 is 2.95 bits per heavy atom. The zero-order chi connectivity index (χ0) is 13.8. The van der Waals surface area contributed by atoms with Gasteiger partial charge in [-0.15, -0.1) is 6.58 Å². The van der Waals surface area contributed by atoms with E-state index in [9.17, 15) is 4.79 Å². The topological polar surface area (TPSA) is 26.3 Å². The first-order valence-electron chi connectivity index (χ1n) is 6.92. The fourth-order valence-corrected chi connectivity index (χ4v) is 3.21. The van der Waals surface area contributed by atoms with Crippen molar-refractivity contribution in [3.8, 4) is 0 Å². The molecule has 2 aliphatic carbocycles. The molecule has 19 heavy (non-hydrogen) atoms. The third-order valence-electron chi connectivity index (χ3n) is 4.19. The maximum atomic E-state index is 11.2. The Bertz CT molecular complexity index is 431. The van der Waals surface area contributed by atoms with Crippen LogP contribution in [0.15, 0.2) is 49.1 Å². The molecule has 102 valence electrons. The first-order chi connectivity index (χ1) is 9.13. The van der Waals surface area contributed by atoms with Crippen LogP contribution in [0.2, 0.25) is 0 Å². The molecule has 0 heterocycles. The van der Waals surface area contributed by atoms with Gasteiger partial charge in [-0.1, -0.05) is 37.0 Å². The van der Waals surface area contributed by atoms with Gasteiger partial charge in [0.2, 0.25) is 0 Å². The monoisotopic (exact) mass is 258 g/mol. The molecule has 0 bridgehead atoms. The largest absolute Gasteiger partial charge is 0.458 e. The molecule has 0 aromatic heterocycles. The number of carbonyl (C=O) groups is 1. The van der Waals surface area contributed by atoms with Crippen molar-refractivity contribution >= 4 is 5.97 Å². The van der Waals surface area contributed by atoms with Crippen LogP contribution >= 0.6 is 0 Å². The maximum Gasteiger partial charge on any atom is 0.333 e. The van der Waals surface area contributed by atoms with Crippen molar-refractivity contribution in [1.29, 1.82) is 0 Å². The molecule has 2 aliphatic rings. The zero-order valence-electron chi connectivity index (χ0n) is 11.5. The lowest BCUT2D eigenvalue weighted by molar-refractivity contribution is -0.137. The van der Waals surface area contributed by atoms with Crippen molar-refractivity contribution in [2.24, 2.45) is 23.7 Å². The van der Waals surface area contributed by atoms with Crippen molar-refractivity contribution in [1.82, 2.24) is 0 Å². The summed E-state index contributed by atoms with van der Waals surface area (Å²) in [5.41, 5.74) is 0.444. The minimum absolute atomic E-state index is 0.321. The van der Waals surface area contributed by atoms with Crippen LogP contribution in [0.25, 0.3) is 0 Å². The van der Waals surface area contributed by atoms with Gasteiger partial charge in [-0.05, 0) is 43.4 Å². The molecule has 0 N–H and O–H groups in total. The minimum Gasteiger partial charge on any atom is -0.458 e. The quantitative estimate of drug-likeness (QED) is 0.427. The Morgan fingerprint density at radius 2 is 2.26 bits per heavy atom. The van der Waals surface area contributed by atoms with E-state index < -0.39 is 0 Å². The molecule has 0 saturated heterocycles. The molecular formula is C17H22O2. The lowest BCUT2D eigenvalue weighted by Gasteiger charge is -2.15. The maximum absolute atomic E-state index is 11.2. The van der Waals surface area contributed by atoms with E-state index in [4.69, 9.17) is 4.74 Å². The fourth-order valence-electron chi connectivity index (χ4n) is 3.21. The van der Waals surface area contributed by atoms with Crippen molar-refractivity contribution in [3.05, 3.63) is 49.1 Å². The van der Waals surface area contributed by atoms with Crippen molar-refractivity contribution in [3.63, 3.8) is 0 Å². The summed E-state index contributed by atoms with van der Waals surface area (Å²) in [6.07, 6.45) is 13.2. The van der Waals surface area contributed by atoms with E-state index >= 15 is 0 Å². The van der Waals surface area contributed by atoms with Crippen LogP contribution < -0.4 is 0 Å². The Labute approximate surface area is 115 Å². The van der Waals surface area contributed by atoms with E-state index in [0.29, 0.717) is 29.9 Å². The number of fused-ring (bicyclic) bond motifs is 1. The third-order valence-corrected chi connectivity index (χ3v) is 4.19. The summed E-state index contributed by atoms with van der Waals surface area (Å²) in [7, 11) is 0. The fraction of sp³-hybridized carbons (Fsp3) is 0.471. The van der Waals surface area contributed by atoms with Crippen molar-refractivity contribution in [2.45, 2.75) is 19.8 Å². The van der Waals surface area contributed by atoms with E-state index in [2.05, 4.69) is 37.5 Å². The standard InChI is InChI=1S/C17H22O2/c1-4-13-11-14(16-9-5-8-15(13)16)7-6-10-19-17(18)12(2)3/h4-7,9,13-16H,1-2,8,10-11H2,3H3. The number of carbonyl (C=O) groups excluding carboxylic acids is 1. The molecular weight excluding hydrogens is 236 g/mol. The van der Waals surface area contributed by atoms with Crippen LogP contribution in [0.5, 0.6) is 0 Å². The van der Waals surface area contributed by atoms with Crippen LogP contribution in [0.3, 0.4) is 0 Å². The van der Waals surface area contributed by atoms with E-state index in [1.165, 1.54) is 6.42 Å². The van der Waals surface area contributed by atoms with Gasteiger partial charge in [-0.2, -0.15) is 0 Å². The summed E-state index contributed by atoms with van der Waals surface area (Å²) >= 11 is 0. The predicted molar refractivity (Wildman–Crippen MR) is 77.4 cm³/mol. The van der Waals surface area contributed by atoms with Gasteiger partial charge in [0, 0.05) is 5.57 Å². The van der Waals surface area contributed by atoms with Gasteiger partial charge in [0.25, 0.3) is 0 Å². The lowest BCUT2D eigenvalue weighted by atomic mass is 9.90. The van der Waals surface area contributed by atoms with Gasteiger partial charge in [0.05, 0.1) is 0 Å². The van der Waals surface area contributed by atoms with Crippen LogP contribution in [-0.2, 0) is 9.53 Å². The van der Waals surface area contributed by atoms with Gasteiger partial charge in [0.15, 0.2) is 0 Å². The molecule has 0 aromatic carbocycles. The summed E-state index contributed by atoms with van der Waals surface area (Å²) < 4.78 is 5.06. The third kappa shape index (κ3) is 3.06. The van der Waals surface area contributed by atoms with Crippen LogP contribution in [0.4, 0.5) is 0 Å². The van der Waals surface area contributed by atoms with E-state index in [0.717, 1.165) is 12.3 Å². The predicted octanol–water partition coefficient (Wildman–Crippen LogP) is 3.68. The van der Waals surface area contributed by atoms with Crippen LogP contribution in [-0.4, -0.2) is 12.6 Å². The molecule has 1 saturated carbocycles. The van der Waals surface area contributed by atoms with E-state index in [-0.39, 0.29) is 5.97 Å². The smallest absolute Gasteiger partial charge is 0.333 e. The molecule has 4 unspecified atom stereocenters. The van der Waals surface area contributed by atoms with Gasteiger partial charge in [-0.25, -0.2) is 4.79 Å². The van der Waals surface area contributed by atoms with Gasteiger partial charge < -0.3 is 4.74 Å². The minimum atomic E-state index is -0.321. The second kappa shape index (κ2) is 6.05. The molecule has 0 amide bonds. The van der Waals surface area contributed by atoms with Crippen LogP contribution in [0.1, 0.15) is 19.8 Å². The lowest BCUT2D eigenvalue weighted by Crippen LogP contribution is -2.09. The molecule has 0 spiro atoms. The Balaban J connectivity index is 1.86. The molecule has 0 aromatic rings. The average Bonchev–Trinajstić information content (AvgIpc) is 2.96. The van der Waals surface area contributed by atoms with Crippen molar-refractivity contribution in [2.75, 3.05) is 6.61 Å². The molecule has 0 radical (unpaired) electrons. The highest BCUT2D eigenvalue weighted by Gasteiger charge is 2.40. The molecule has 2 nitrogen and oxygen atoms in total. The molecule has 2 rings (SSSR count). The van der Waals surface area contributed by atoms with Gasteiger partial charge in [-0.3, -0.25) is 0 Å². The molecule has 0 aliphatic heterocycles. The number of allylic oxidation sites excluding steroid dienone is 4. The summed E-state index contributed by atoms with van der Waals surface area (Å²) in [6.45, 7) is 9.50. The number of hydrogen-bond donors (Lipinski definition) is 0. The molecule has 1 fully saturated rings. The Morgan fingerprint density at radius 1 is 1.47 bits per heavy atom. The van der Waals surface area contributed by atoms with Crippen molar-refractivity contribution < 1.29 is 9.53 Å². The second-order valence-electron chi connectivity index (χ2n) is 5.51. The number of ether oxygens (including phenoxy) is 1. The number of rotatable bonds is 5. The SMILES string of the molecule is C=CC1CC(C=CCOC(=O)C(=C)C)C2C=CCC12. The second-order valence-corrected chi connectivity index (χ2v) is 5.51. The first-order valence-corrected chi connectivity index (χ1v) is 6.92. The normalized spacial score (nSPS) is 32.5. The zero-order valence-corrected chi connectivity index (χ0v) is 11.5. The Kier molecular flexibility index (Phi) is 4.41. The number of esters is 1. The van der Waals surface area contributed by atoms with Crippen LogP contribution in [0, 0.1) is 23.7 Å². The highest BCUT2D eigenvalue weighted by Crippen LogP contribution is 2.48. The molecule has 4 atom stereocenters. The summed E-state index contributed by atoms with van der Waals surface area (Å²) in [4.78, 5) is 11.2. The highest BCUT2D eigenvalue weighted by molar-refractivity contribution is 5.86.